The van der Waals surface area contributed by atoms with E-state index in [1.54, 1.807) is 0 Å². The molecule has 0 amide bonds. The van der Waals surface area contributed by atoms with Gasteiger partial charge in [0.15, 0.2) is 0 Å². The van der Waals surface area contributed by atoms with Gasteiger partial charge in [-0.25, -0.2) is 0 Å². The lowest BCUT2D eigenvalue weighted by Gasteiger charge is -2.18. The molecule has 2 aromatic carbocycles. The predicted molar refractivity (Wildman–Crippen MR) is 91.5 cm³/mol. The number of hydrazine groups is 1. The number of nitrogens with two attached hydrogens (primary N) is 1. The molecule has 0 fully saturated rings. The summed E-state index contributed by atoms with van der Waals surface area (Å²) in [6.45, 7) is 4.21. The summed E-state index contributed by atoms with van der Waals surface area (Å²) >= 11 is 7.06. The monoisotopic (exact) mass is 396 g/mol. The van der Waals surface area contributed by atoms with Crippen LogP contribution in [0.1, 0.15) is 28.3 Å². The minimum atomic E-state index is 0.113. The summed E-state index contributed by atoms with van der Waals surface area (Å²) in [6.07, 6.45) is 0.865. The molecule has 2 aromatic rings. The zero-order chi connectivity index (χ0) is 14.7. The van der Waals surface area contributed by atoms with E-state index in [4.69, 9.17) is 5.84 Å². The molecule has 2 nitrogen and oxygen atoms in total. The van der Waals surface area contributed by atoms with Crippen molar-refractivity contribution < 1.29 is 0 Å². The Bertz CT molecular complexity index is 571. The maximum atomic E-state index is 5.75. The second-order valence-corrected chi connectivity index (χ2v) is 6.73. The highest BCUT2D eigenvalue weighted by molar-refractivity contribution is 9.10. The first kappa shape index (κ1) is 15.7. The van der Waals surface area contributed by atoms with Gasteiger partial charge in [-0.1, -0.05) is 56.1 Å². The predicted octanol–water partition coefficient (Wildman–Crippen LogP) is 4.58. The molecular weight excluding hydrogens is 380 g/mol. The molecule has 20 heavy (non-hydrogen) atoms. The number of nitrogens with one attached hydrogen (secondary N) is 1. The Kier molecular flexibility index (Phi) is 5.38. The van der Waals surface area contributed by atoms with Gasteiger partial charge in [0.25, 0.3) is 0 Å². The van der Waals surface area contributed by atoms with Gasteiger partial charge in [-0.15, -0.1) is 0 Å². The van der Waals surface area contributed by atoms with E-state index in [-0.39, 0.29) is 6.04 Å². The number of hydrogen-bond donors (Lipinski definition) is 2. The normalized spacial score (nSPS) is 12.4. The minimum absolute atomic E-state index is 0.113. The Hall–Kier alpha value is -0.680. The van der Waals surface area contributed by atoms with E-state index in [2.05, 4.69) is 87.5 Å². The molecule has 106 valence electrons. The van der Waals surface area contributed by atoms with E-state index in [9.17, 15) is 0 Å². The van der Waals surface area contributed by atoms with Gasteiger partial charge < -0.3 is 0 Å². The number of benzene rings is 2. The number of rotatable bonds is 4. The quantitative estimate of drug-likeness (QED) is 0.585. The third kappa shape index (κ3) is 3.70. The van der Waals surface area contributed by atoms with E-state index in [0.29, 0.717) is 0 Å². The number of hydrogen-bond acceptors (Lipinski definition) is 2. The molecule has 2 rings (SSSR count). The summed E-state index contributed by atoms with van der Waals surface area (Å²) in [4.78, 5) is 0. The van der Waals surface area contributed by atoms with Gasteiger partial charge in [0, 0.05) is 15.0 Å². The largest absolute Gasteiger partial charge is 0.271 e. The lowest BCUT2D eigenvalue weighted by molar-refractivity contribution is 0.551. The van der Waals surface area contributed by atoms with Gasteiger partial charge in [0.05, 0.1) is 0 Å². The lowest BCUT2D eigenvalue weighted by atomic mass is 9.96. The molecule has 0 bridgehead atoms. The number of halogens is 2. The first-order chi connectivity index (χ1) is 9.51. The van der Waals surface area contributed by atoms with Crippen molar-refractivity contribution in [3.05, 3.63) is 67.6 Å². The molecule has 0 aromatic heterocycles. The van der Waals surface area contributed by atoms with E-state index in [0.717, 1.165) is 10.9 Å². The zero-order valence-corrected chi connectivity index (χ0v) is 14.8. The molecule has 4 heteroatoms. The first-order valence-corrected chi connectivity index (χ1v) is 8.07. The highest BCUT2D eigenvalue weighted by atomic mass is 79.9. The second kappa shape index (κ2) is 6.85. The molecule has 0 aliphatic carbocycles. The van der Waals surface area contributed by atoms with Crippen LogP contribution in [0, 0.1) is 13.8 Å². The van der Waals surface area contributed by atoms with Gasteiger partial charge in [-0.05, 0) is 54.7 Å². The standard InChI is InChI=1S/C16H18Br2N2/c1-10-7-13(8-11(2)16(10)18)15(20-19)9-12-3-5-14(17)6-4-12/h3-8,15,20H,9,19H2,1-2H3. The Balaban J connectivity index is 2.26. The molecule has 0 aliphatic rings. The molecule has 0 saturated heterocycles. The van der Waals surface area contributed by atoms with Crippen LogP contribution in [0.2, 0.25) is 0 Å². The van der Waals surface area contributed by atoms with E-state index in [1.165, 1.54) is 26.7 Å². The van der Waals surface area contributed by atoms with Gasteiger partial charge >= 0.3 is 0 Å². The summed E-state index contributed by atoms with van der Waals surface area (Å²) < 4.78 is 2.26. The molecule has 0 saturated carbocycles. The average molecular weight is 398 g/mol. The van der Waals surface area contributed by atoms with E-state index >= 15 is 0 Å². The van der Waals surface area contributed by atoms with Crippen molar-refractivity contribution in [3.63, 3.8) is 0 Å². The van der Waals surface area contributed by atoms with Crippen molar-refractivity contribution >= 4 is 31.9 Å². The van der Waals surface area contributed by atoms with E-state index < -0.39 is 0 Å². The molecule has 0 aliphatic heterocycles. The summed E-state index contributed by atoms with van der Waals surface area (Å²) in [5, 5.41) is 0. The maximum Gasteiger partial charge on any atom is 0.0500 e. The number of aryl methyl sites for hydroxylation is 2. The van der Waals surface area contributed by atoms with Crippen LogP contribution in [0.15, 0.2) is 45.3 Å². The smallest absolute Gasteiger partial charge is 0.0500 e. The summed E-state index contributed by atoms with van der Waals surface area (Å²) in [5.74, 6) is 5.75. The van der Waals surface area contributed by atoms with Gasteiger partial charge in [-0.2, -0.15) is 0 Å². The van der Waals surface area contributed by atoms with Crippen LogP contribution in [-0.4, -0.2) is 0 Å². The molecule has 1 atom stereocenters. The van der Waals surface area contributed by atoms with Crippen molar-refractivity contribution in [2.24, 2.45) is 5.84 Å². The Morgan fingerprint density at radius 1 is 1.05 bits per heavy atom. The fourth-order valence-corrected chi connectivity index (χ4v) is 2.80. The van der Waals surface area contributed by atoms with Crippen molar-refractivity contribution in [2.45, 2.75) is 26.3 Å². The van der Waals surface area contributed by atoms with Crippen LogP contribution >= 0.6 is 31.9 Å². The Morgan fingerprint density at radius 3 is 2.10 bits per heavy atom. The highest BCUT2D eigenvalue weighted by Gasteiger charge is 2.13. The molecule has 3 N–H and O–H groups in total. The summed E-state index contributed by atoms with van der Waals surface area (Å²) in [7, 11) is 0. The van der Waals surface area contributed by atoms with Crippen LogP contribution in [0.5, 0.6) is 0 Å². The van der Waals surface area contributed by atoms with Gasteiger partial charge in [0.1, 0.15) is 0 Å². The highest BCUT2D eigenvalue weighted by Crippen LogP contribution is 2.27. The SMILES string of the molecule is Cc1cc(C(Cc2ccc(Br)cc2)NN)cc(C)c1Br. The second-order valence-electron chi connectivity index (χ2n) is 5.02. The molecular formula is C16H18Br2N2. The Morgan fingerprint density at radius 2 is 1.60 bits per heavy atom. The Labute approximate surface area is 137 Å². The van der Waals surface area contributed by atoms with Crippen LogP contribution in [0.4, 0.5) is 0 Å². The fraction of sp³-hybridized carbons (Fsp3) is 0.250. The molecule has 0 heterocycles. The lowest BCUT2D eigenvalue weighted by Crippen LogP contribution is -2.29. The third-order valence-corrected chi connectivity index (χ3v) is 5.19. The molecule has 0 radical (unpaired) electrons. The van der Waals surface area contributed by atoms with Gasteiger partial charge in [-0.3, -0.25) is 11.3 Å². The van der Waals surface area contributed by atoms with Crippen molar-refractivity contribution in [2.75, 3.05) is 0 Å². The molecule has 0 spiro atoms. The van der Waals surface area contributed by atoms with Gasteiger partial charge in [0.2, 0.25) is 0 Å². The maximum absolute atomic E-state index is 5.75. The average Bonchev–Trinajstić information content (AvgIpc) is 2.43. The first-order valence-electron chi connectivity index (χ1n) is 6.48. The van der Waals surface area contributed by atoms with Crippen molar-refractivity contribution in [1.29, 1.82) is 0 Å². The summed E-state index contributed by atoms with van der Waals surface area (Å²) in [5.41, 5.74) is 7.87. The third-order valence-electron chi connectivity index (χ3n) is 3.42. The van der Waals surface area contributed by atoms with Crippen molar-refractivity contribution in [1.82, 2.24) is 5.43 Å². The van der Waals surface area contributed by atoms with Crippen LogP contribution in [-0.2, 0) is 6.42 Å². The van der Waals surface area contributed by atoms with Crippen LogP contribution in [0.3, 0.4) is 0 Å². The zero-order valence-electron chi connectivity index (χ0n) is 11.6. The van der Waals surface area contributed by atoms with Crippen LogP contribution in [0.25, 0.3) is 0 Å². The summed E-state index contributed by atoms with van der Waals surface area (Å²) in [6, 6.07) is 12.8. The molecule has 1 unspecified atom stereocenters. The van der Waals surface area contributed by atoms with Crippen molar-refractivity contribution in [3.8, 4) is 0 Å². The van der Waals surface area contributed by atoms with Crippen LogP contribution < -0.4 is 11.3 Å². The fourth-order valence-electron chi connectivity index (χ4n) is 2.31. The minimum Gasteiger partial charge on any atom is -0.271 e. The van der Waals surface area contributed by atoms with E-state index in [1.807, 2.05) is 0 Å². The topological polar surface area (TPSA) is 38.0 Å².